The molecule has 7 aliphatic heterocycles. The van der Waals surface area contributed by atoms with Crippen LogP contribution in [0.4, 0.5) is 0 Å². The fraction of sp³-hybridized carbons (Fsp3) is 0.860. The van der Waals surface area contributed by atoms with Crippen molar-refractivity contribution in [3.05, 3.63) is 24.3 Å². The second-order valence-electron chi connectivity index (χ2n) is 38.9. The van der Waals surface area contributed by atoms with E-state index in [0.717, 1.165) is 13.2 Å². The van der Waals surface area contributed by atoms with E-state index in [1.165, 1.54) is 61.8 Å². The van der Waals surface area contributed by atoms with Gasteiger partial charge in [0.25, 0.3) is 10.1 Å². The van der Waals surface area contributed by atoms with E-state index in [9.17, 15) is 62.4 Å². The summed E-state index contributed by atoms with van der Waals surface area (Å²) >= 11 is 0. The van der Waals surface area contributed by atoms with Crippen LogP contribution >= 0.6 is 0 Å². The zero-order valence-corrected chi connectivity index (χ0v) is 84.7. The van der Waals surface area contributed by atoms with Gasteiger partial charge in [-0.1, -0.05) is 83.9 Å². The number of likely N-dealkylation sites (N-methyl/N-ethyl adjacent to an activating group) is 2. The van der Waals surface area contributed by atoms with E-state index in [4.69, 9.17) is 99.1 Å². The maximum atomic E-state index is 14.8. The van der Waals surface area contributed by atoms with Gasteiger partial charge >= 0.3 is 41.8 Å². The Kier molecular flexibility index (Phi) is 42.7. The molecule has 6 fully saturated rings. The molecule has 7 heterocycles. The summed E-state index contributed by atoms with van der Waals surface area (Å²) in [4.78, 5) is 107. The van der Waals surface area contributed by atoms with Crippen molar-refractivity contribution < 1.29 is 162 Å². The predicted octanol–water partition coefficient (Wildman–Crippen LogP) is 8.16. The average molecular weight is 1910 g/mol. The zero-order valence-electron chi connectivity index (χ0n) is 83.8. The number of fused-ring (bicyclic) bond motifs is 3. The minimum atomic E-state index is -3.78. The smallest absolute Gasteiger partial charge is 0.331 e. The van der Waals surface area contributed by atoms with E-state index in [1.807, 2.05) is 85.6 Å². The number of carbonyl (C=O) groups is 7. The molecule has 6 saturated heterocycles. The number of aliphatic hydroxyl groups is 4. The van der Waals surface area contributed by atoms with Gasteiger partial charge < -0.3 is 125 Å². The summed E-state index contributed by atoms with van der Waals surface area (Å²) in [6.07, 6.45) is -11.0. The SMILES string of the molecule is CC[C@H]1OC(=O)[C@H](C)[C@@H](OC2C[C@@](C)(OC)[C@@H](OC(C)=O)[C@H](C)O2)[C@H](C)[C@@H](O[C@@H]2O[C@H](C)C[C@H](N(C)C)[C@H]2OC(C)=O)[C@@]2(C)C[C@@H](C)/C(=N\OC/C=C/CO2)[C@H](C)[C@@H](O)[C@]1(C)O.CC[C@H]1OC(=O)[C@H](C)[C@@H](OC2C[C@@](C)(OC)[C@@H](OC(C)=O)[C@H](C)O2)[C@H](C)[C@@H](O[C@@H]2O[C@H](C)C[C@H](N(C)C)[C@H]2OC(C)=O)[C@](C)(OC/C=C/COS(C)(=O)=O)C[C@@H](C)/C(=N\OC(C)=O)[C@H](C)[C@@H](O)[C@]1(C)O. The van der Waals surface area contributed by atoms with Crippen molar-refractivity contribution in [3.8, 4) is 0 Å². The molecule has 4 N–H and O–H groups in total. The van der Waals surface area contributed by atoms with Crippen LogP contribution in [0.1, 0.15) is 224 Å². The number of carbonyl (C=O) groups excluding carboxylic acids is 7. The first-order valence-electron chi connectivity index (χ1n) is 46.2. The van der Waals surface area contributed by atoms with E-state index >= 15 is 0 Å². The molecule has 760 valence electrons. The largest absolute Gasteiger partial charge is 0.459 e. The third kappa shape index (κ3) is 29.8. The molecule has 38 nitrogen and oxygen atoms in total. The number of aliphatic hydroxyl groups excluding tert-OH is 2. The third-order valence-corrected chi connectivity index (χ3v) is 27.6. The molecule has 39 heteroatoms. The van der Waals surface area contributed by atoms with Crippen molar-refractivity contribution in [1.82, 2.24) is 9.80 Å². The van der Waals surface area contributed by atoms with Crippen molar-refractivity contribution in [2.45, 2.75) is 393 Å². The van der Waals surface area contributed by atoms with Crippen LogP contribution in [0.25, 0.3) is 0 Å². The standard InChI is InChI=1S/C48H82N2O19S.C45H76N2O15/c1-18-36-48(13,56)41(54)28(4)38(49-69-34(10)53)26(2)24-47(12,60-21-19-20-22-61-70(17,57)58)42(68-45-40(64-32(8)51)35(50(14)15)23-27(3)62-45)29(5)39(30(6)44(55)66-36)67-37-25-46(11,59-16)43(31(7)63-37)65-33(9)52;1-16-33-45(12,52)38(50)26(4)35-24(2)22-44(11,54-19-17-18-20-55-46-35)39(62-42-37(58-30(8)48)32(47(13)14)21-25(3)56-42)27(5)36(28(6)41(51)60-33)61-34-23-43(10,53-15)40(29(7)57-34)59-31(9)49/h19-20,26-31,35-37,39-43,45,54,56H,18,21-25H2,1-17H3;17-18,24-29,32-34,36-40,42,50,52H,16,19-23H2,1-15H3/b20-19+,49-38+;18-17+,46-35+/t26-,27-,28+,29+,30-,31+,35+,36-,37?,39+,40-,41-,42-,43+,45+,46-,47-,48-;24-,25-,26+,27+,28-,29+,32+,33-,34?,36+,37-,38-,39-,40+,42+,43-,44-,45-/m11/s1. The summed E-state index contributed by atoms with van der Waals surface area (Å²) < 4.78 is 144. The van der Waals surface area contributed by atoms with Crippen LogP contribution < -0.4 is 0 Å². The molecule has 0 radical (unpaired) electrons. The van der Waals surface area contributed by atoms with Crippen LogP contribution in [0.5, 0.6) is 0 Å². The number of nitrogens with zero attached hydrogens (tertiary/aromatic N) is 4. The Balaban J connectivity index is 0.000000409. The monoisotopic (exact) mass is 1910 g/mol. The van der Waals surface area contributed by atoms with Gasteiger partial charge in [-0.2, -0.15) is 8.42 Å². The molecule has 0 aromatic heterocycles. The number of oxime groups is 2. The summed E-state index contributed by atoms with van der Waals surface area (Å²) in [6.45, 7) is 40.9. The molecule has 0 saturated carbocycles. The van der Waals surface area contributed by atoms with Gasteiger partial charge in [-0.3, -0.25) is 33.0 Å². The van der Waals surface area contributed by atoms with E-state index in [-0.39, 0.29) is 82.8 Å². The molecule has 132 heavy (non-hydrogen) atoms. The van der Waals surface area contributed by atoms with Gasteiger partial charge in [0.15, 0.2) is 49.6 Å². The molecule has 0 spiro atoms. The Bertz CT molecular complexity index is 4000. The van der Waals surface area contributed by atoms with Crippen molar-refractivity contribution in [3.63, 3.8) is 0 Å². The number of hydrogen-bond donors (Lipinski definition) is 4. The number of esters is 6. The maximum Gasteiger partial charge on any atom is 0.331 e. The minimum absolute atomic E-state index is 0.0160. The lowest BCUT2D eigenvalue weighted by atomic mass is 9.73. The van der Waals surface area contributed by atoms with Crippen LogP contribution in [-0.2, 0) is 143 Å². The fourth-order valence-electron chi connectivity index (χ4n) is 20.0. The first kappa shape index (κ1) is 115. The molecule has 0 aromatic rings. The first-order chi connectivity index (χ1) is 61.2. The lowest BCUT2D eigenvalue weighted by Gasteiger charge is -2.50. The Hall–Kier alpha value is -5.90. The minimum Gasteiger partial charge on any atom is -0.459 e. The van der Waals surface area contributed by atoms with Crippen LogP contribution in [0, 0.1) is 47.3 Å². The number of rotatable bonds is 25. The zero-order chi connectivity index (χ0) is 99.7. The number of methoxy groups -OCH3 is 2. The van der Waals surface area contributed by atoms with E-state index in [2.05, 4.69) is 10.3 Å². The second-order valence-corrected chi connectivity index (χ2v) is 40.5. The molecule has 36 atom stereocenters. The summed E-state index contributed by atoms with van der Waals surface area (Å²) in [5, 5.41) is 57.0. The molecule has 2 unspecified atom stereocenters. The van der Waals surface area contributed by atoms with Gasteiger partial charge in [-0.25, -0.2) is 4.79 Å². The van der Waals surface area contributed by atoms with Gasteiger partial charge in [0.05, 0.1) is 134 Å². The highest BCUT2D eigenvalue weighted by Crippen LogP contribution is 2.47. The second kappa shape index (κ2) is 49.1. The van der Waals surface area contributed by atoms with Crippen molar-refractivity contribution in [2.75, 3.05) is 75.1 Å². The highest BCUT2D eigenvalue weighted by molar-refractivity contribution is 7.86. The quantitative estimate of drug-likeness (QED) is 0.0167. The normalized spacial score (nSPS) is 42.5. The Labute approximate surface area is 781 Å². The van der Waals surface area contributed by atoms with E-state index in [0.29, 0.717) is 18.6 Å². The Morgan fingerprint density at radius 3 is 1.35 bits per heavy atom. The van der Waals surface area contributed by atoms with Crippen LogP contribution in [0.15, 0.2) is 34.6 Å². The number of cyclic esters (lactones) is 2. The molecular weight excluding hydrogens is 1750 g/mol. The lowest BCUT2D eigenvalue weighted by Crippen LogP contribution is -2.62. The summed E-state index contributed by atoms with van der Waals surface area (Å²) in [7, 11) is 6.73. The van der Waals surface area contributed by atoms with Gasteiger partial charge in [0, 0.05) is 97.2 Å². The summed E-state index contributed by atoms with van der Waals surface area (Å²) in [5.74, 6) is -11.3. The van der Waals surface area contributed by atoms with E-state index in [1.54, 1.807) is 95.2 Å². The predicted molar refractivity (Wildman–Crippen MR) is 480 cm³/mol. The highest BCUT2D eigenvalue weighted by Gasteiger charge is 2.60. The number of ether oxygens (including phenoxy) is 18. The summed E-state index contributed by atoms with van der Waals surface area (Å²) in [5.41, 5.74) is -8.41. The molecule has 7 aliphatic rings. The summed E-state index contributed by atoms with van der Waals surface area (Å²) in [6, 6.07) is -0.676. The molecule has 0 aromatic carbocycles. The van der Waals surface area contributed by atoms with E-state index < -0.39 is 256 Å². The molecule has 2 bridgehead atoms. The van der Waals surface area contributed by atoms with Crippen molar-refractivity contribution in [1.29, 1.82) is 0 Å². The average Bonchev–Trinajstić information content (AvgIpc) is 0.807. The van der Waals surface area contributed by atoms with Gasteiger partial charge in [-0.05, 0) is 156 Å². The Morgan fingerprint density at radius 1 is 0.523 bits per heavy atom. The molecule has 7 rings (SSSR count). The topological polar surface area (TPSA) is 460 Å². The Morgan fingerprint density at radius 2 is 0.939 bits per heavy atom. The van der Waals surface area contributed by atoms with Gasteiger partial charge in [0.1, 0.15) is 41.2 Å². The fourth-order valence-corrected chi connectivity index (χ4v) is 20.3. The van der Waals surface area contributed by atoms with Gasteiger partial charge in [0.2, 0.25) is 0 Å². The van der Waals surface area contributed by atoms with Gasteiger partial charge in [-0.15, -0.1) is 0 Å². The van der Waals surface area contributed by atoms with Crippen LogP contribution in [-0.4, -0.2) is 335 Å². The lowest BCUT2D eigenvalue weighted by molar-refractivity contribution is -0.321. The molecule has 0 aliphatic carbocycles. The molecular formula is C93H158N4O34S. The third-order valence-electron chi connectivity index (χ3n) is 27.1. The molecule has 0 amide bonds. The van der Waals surface area contributed by atoms with Crippen molar-refractivity contribution >= 4 is 63.3 Å². The number of hydrogen-bond acceptors (Lipinski definition) is 38. The maximum absolute atomic E-state index is 14.8. The first-order valence-corrected chi connectivity index (χ1v) is 48.0. The van der Waals surface area contributed by atoms with Crippen molar-refractivity contribution in [2.24, 2.45) is 57.7 Å². The van der Waals surface area contributed by atoms with Crippen LogP contribution in [0.3, 0.4) is 0 Å². The highest BCUT2D eigenvalue weighted by atomic mass is 32.2. The van der Waals surface area contributed by atoms with Crippen LogP contribution in [0.2, 0.25) is 0 Å².